The van der Waals surface area contributed by atoms with Gasteiger partial charge in [0.25, 0.3) is 0 Å². The monoisotopic (exact) mass is 268 g/mol. The van der Waals surface area contributed by atoms with Gasteiger partial charge in [-0.3, -0.25) is 0 Å². The maximum absolute atomic E-state index is 11.1. The minimum atomic E-state index is -0.931. The van der Waals surface area contributed by atoms with Gasteiger partial charge in [0.05, 0.1) is 11.2 Å². The first-order valence-corrected chi connectivity index (χ1v) is 5.33. The number of pyridine rings is 1. The minimum absolute atomic E-state index is 0.291. The molecule has 0 spiro atoms. The fraction of sp³-hybridized carbons (Fsp3) is 0.200. The van der Waals surface area contributed by atoms with Crippen LogP contribution in [0, 0.1) is 0 Å². The lowest BCUT2D eigenvalue weighted by atomic mass is 10.1. The van der Waals surface area contributed by atoms with Crippen LogP contribution in [0.1, 0.15) is 23.0 Å². The Bertz CT molecular complexity index is 533. The van der Waals surface area contributed by atoms with Gasteiger partial charge in [-0.1, -0.05) is 22.9 Å². The largest absolute Gasteiger partial charge is 0.478 e. The van der Waals surface area contributed by atoms with E-state index < -0.39 is 5.97 Å². The van der Waals surface area contributed by atoms with Gasteiger partial charge < -0.3 is 5.11 Å². The van der Waals surface area contributed by atoms with Crippen LogP contribution in [0.3, 0.4) is 0 Å². The average molecular weight is 269 g/mol. The second-order valence-corrected chi connectivity index (χ2v) is 4.07. The molecule has 0 saturated heterocycles. The standard InChI is InChI=1S/C10H9BrN2O2/c1-2-7-9(10(14)15)8-5-6(11)3-4-13(8)12-7/h3-5H,2H2,1H3,(H,14,15). The third kappa shape index (κ3) is 1.63. The molecule has 1 N–H and O–H groups in total. The molecule has 0 bridgehead atoms. The molecular formula is C10H9BrN2O2. The molecule has 2 aromatic heterocycles. The molecule has 2 heterocycles. The quantitative estimate of drug-likeness (QED) is 0.910. The fourth-order valence-electron chi connectivity index (χ4n) is 1.55. The third-order valence-corrected chi connectivity index (χ3v) is 2.71. The molecule has 0 atom stereocenters. The maximum Gasteiger partial charge on any atom is 0.339 e. The SMILES string of the molecule is CCc1nn2ccc(Br)cc2c1C(=O)O. The molecule has 2 rings (SSSR count). The molecule has 0 aliphatic carbocycles. The number of halogens is 1. The number of nitrogens with zero attached hydrogens (tertiary/aromatic N) is 2. The summed E-state index contributed by atoms with van der Waals surface area (Å²) in [6.45, 7) is 1.89. The number of fused-ring (bicyclic) bond motifs is 1. The molecule has 4 nitrogen and oxygen atoms in total. The summed E-state index contributed by atoms with van der Waals surface area (Å²) in [6, 6.07) is 3.58. The van der Waals surface area contributed by atoms with Crippen LogP contribution in [0.2, 0.25) is 0 Å². The number of carbonyl (C=O) groups is 1. The Kier molecular flexibility index (Phi) is 2.48. The van der Waals surface area contributed by atoms with Crippen LogP contribution in [0.4, 0.5) is 0 Å². The van der Waals surface area contributed by atoms with Crippen molar-refractivity contribution >= 4 is 27.4 Å². The van der Waals surface area contributed by atoms with Gasteiger partial charge in [-0.2, -0.15) is 5.10 Å². The van der Waals surface area contributed by atoms with E-state index in [-0.39, 0.29) is 0 Å². The molecule has 0 fully saturated rings. The van der Waals surface area contributed by atoms with Crippen molar-refractivity contribution in [2.75, 3.05) is 0 Å². The predicted molar refractivity (Wildman–Crippen MR) is 59.2 cm³/mol. The van der Waals surface area contributed by atoms with Crippen LogP contribution >= 0.6 is 15.9 Å². The van der Waals surface area contributed by atoms with Crippen LogP contribution in [0.5, 0.6) is 0 Å². The normalized spacial score (nSPS) is 10.8. The highest BCUT2D eigenvalue weighted by Gasteiger charge is 2.17. The van der Waals surface area contributed by atoms with E-state index in [0.29, 0.717) is 23.2 Å². The highest BCUT2D eigenvalue weighted by molar-refractivity contribution is 9.10. The highest BCUT2D eigenvalue weighted by atomic mass is 79.9. The number of carboxylic acid groups (broad SMARTS) is 1. The van der Waals surface area contributed by atoms with Gasteiger partial charge >= 0.3 is 5.97 Å². The molecule has 15 heavy (non-hydrogen) atoms. The average Bonchev–Trinajstić information content (AvgIpc) is 2.55. The number of aryl methyl sites for hydroxylation is 1. The Morgan fingerprint density at radius 2 is 2.40 bits per heavy atom. The lowest BCUT2D eigenvalue weighted by molar-refractivity contribution is 0.0698. The molecule has 78 valence electrons. The molecule has 0 saturated carbocycles. The van der Waals surface area contributed by atoms with Crippen molar-refractivity contribution in [3.63, 3.8) is 0 Å². The lowest BCUT2D eigenvalue weighted by Gasteiger charge is -1.95. The summed E-state index contributed by atoms with van der Waals surface area (Å²) in [6.07, 6.45) is 2.35. The number of hydrogen-bond donors (Lipinski definition) is 1. The van der Waals surface area contributed by atoms with Crippen LogP contribution < -0.4 is 0 Å². The smallest absolute Gasteiger partial charge is 0.339 e. The van der Waals surface area contributed by atoms with Gasteiger partial charge in [0.2, 0.25) is 0 Å². The molecule has 0 aliphatic heterocycles. The summed E-state index contributed by atoms with van der Waals surface area (Å²) < 4.78 is 2.44. The number of rotatable bonds is 2. The van der Waals surface area contributed by atoms with E-state index in [1.807, 2.05) is 13.0 Å². The van der Waals surface area contributed by atoms with Gasteiger partial charge in [-0.15, -0.1) is 0 Å². The summed E-state index contributed by atoms with van der Waals surface area (Å²) >= 11 is 3.31. The van der Waals surface area contributed by atoms with E-state index >= 15 is 0 Å². The Morgan fingerprint density at radius 3 is 3.00 bits per heavy atom. The highest BCUT2D eigenvalue weighted by Crippen LogP contribution is 2.20. The van der Waals surface area contributed by atoms with E-state index in [1.165, 1.54) is 0 Å². The van der Waals surface area contributed by atoms with Gasteiger partial charge in [-0.25, -0.2) is 9.31 Å². The van der Waals surface area contributed by atoms with Crippen molar-refractivity contribution in [3.8, 4) is 0 Å². The Hall–Kier alpha value is -1.36. The van der Waals surface area contributed by atoms with Crippen LogP contribution in [-0.2, 0) is 6.42 Å². The molecule has 0 unspecified atom stereocenters. The van der Waals surface area contributed by atoms with E-state index in [9.17, 15) is 4.79 Å². The number of aromatic carboxylic acids is 1. The zero-order valence-electron chi connectivity index (χ0n) is 8.07. The second-order valence-electron chi connectivity index (χ2n) is 3.16. The van der Waals surface area contributed by atoms with Crippen molar-refractivity contribution in [1.82, 2.24) is 9.61 Å². The Balaban J connectivity index is 2.82. The summed E-state index contributed by atoms with van der Waals surface area (Å²) in [4.78, 5) is 11.1. The summed E-state index contributed by atoms with van der Waals surface area (Å²) in [5.74, 6) is -0.931. The number of aromatic nitrogens is 2. The molecule has 0 aliphatic rings. The minimum Gasteiger partial charge on any atom is -0.478 e. The van der Waals surface area contributed by atoms with Gasteiger partial charge in [0.15, 0.2) is 0 Å². The summed E-state index contributed by atoms with van der Waals surface area (Å²) in [5.41, 5.74) is 1.52. The van der Waals surface area contributed by atoms with Crippen molar-refractivity contribution in [2.24, 2.45) is 0 Å². The summed E-state index contributed by atoms with van der Waals surface area (Å²) in [7, 11) is 0. The first-order valence-electron chi connectivity index (χ1n) is 4.53. The van der Waals surface area contributed by atoms with Crippen molar-refractivity contribution < 1.29 is 9.90 Å². The van der Waals surface area contributed by atoms with Crippen LogP contribution in [0.15, 0.2) is 22.8 Å². The number of hydrogen-bond acceptors (Lipinski definition) is 2. The lowest BCUT2D eigenvalue weighted by Crippen LogP contribution is -1.99. The Labute approximate surface area is 94.7 Å². The van der Waals surface area contributed by atoms with Crippen molar-refractivity contribution in [1.29, 1.82) is 0 Å². The van der Waals surface area contributed by atoms with Crippen molar-refractivity contribution in [2.45, 2.75) is 13.3 Å². The van der Waals surface area contributed by atoms with E-state index in [1.54, 1.807) is 16.8 Å². The third-order valence-electron chi connectivity index (χ3n) is 2.22. The fourth-order valence-corrected chi connectivity index (χ4v) is 1.88. The van der Waals surface area contributed by atoms with E-state index in [0.717, 1.165) is 4.47 Å². The predicted octanol–water partition coefficient (Wildman–Crippen LogP) is 2.36. The molecule has 5 heteroatoms. The molecule has 2 aromatic rings. The summed E-state index contributed by atoms with van der Waals surface area (Å²) in [5, 5.41) is 13.3. The first-order chi connectivity index (χ1) is 7.13. The molecule has 0 aromatic carbocycles. The molecule has 0 radical (unpaired) electrons. The van der Waals surface area contributed by atoms with E-state index in [2.05, 4.69) is 21.0 Å². The van der Waals surface area contributed by atoms with Crippen LogP contribution in [0.25, 0.3) is 5.52 Å². The first kappa shape index (κ1) is 10.2. The maximum atomic E-state index is 11.1. The van der Waals surface area contributed by atoms with Gasteiger partial charge in [-0.05, 0) is 18.6 Å². The van der Waals surface area contributed by atoms with Gasteiger partial charge in [0, 0.05) is 10.7 Å². The van der Waals surface area contributed by atoms with E-state index in [4.69, 9.17) is 5.11 Å². The second kappa shape index (κ2) is 3.66. The van der Waals surface area contributed by atoms with Gasteiger partial charge in [0.1, 0.15) is 5.56 Å². The van der Waals surface area contributed by atoms with Crippen molar-refractivity contribution in [3.05, 3.63) is 34.1 Å². The topological polar surface area (TPSA) is 54.6 Å². The number of carboxylic acids is 1. The molecular weight excluding hydrogens is 260 g/mol. The Morgan fingerprint density at radius 1 is 1.67 bits per heavy atom. The van der Waals surface area contributed by atoms with Crippen LogP contribution in [-0.4, -0.2) is 20.7 Å². The molecule has 0 amide bonds. The zero-order chi connectivity index (χ0) is 11.0. The zero-order valence-corrected chi connectivity index (χ0v) is 9.65.